The van der Waals surface area contributed by atoms with Gasteiger partial charge in [-0.15, -0.1) is 0 Å². The van der Waals surface area contributed by atoms with Crippen LogP contribution in [-0.4, -0.2) is 62.2 Å². The molecule has 0 bridgehead atoms. The molecule has 1 atom stereocenters. The number of carboxylic acid groups (broad SMARTS) is 1. The Kier molecular flexibility index (Phi) is 6.99. The number of esters is 2. The smallest absolute Gasteiger partial charge is 0.356 e. The summed E-state index contributed by atoms with van der Waals surface area (Å²) in [5, 5.41) is 24.8. The Morgan fingerprint density at radius 1 is 1.10 bits per heavy atom. The van der Waals surface area contributed by atoms with Gasteiger partial charge in [-0.2, -0.15) is 4.52 Å². The van der Waals surface area contributed by atoms with Gasteiger partial charge in [0, 0.05) is 12.1 Å². The second kappa shape index (κ2) is 9.43. The van der Waals surface area contributed by atoms with E-state index in [0.29, 0.717) is 5.56 Å². The van der Waals surface area contributed by atoms with E-state index in [2.05, 4.69) is 24.8 Å². The molecule has 158 valence electrons. The lowest BCUT2D eigenvalue weighted by Gasteiger charge is -2.05. The van der Waals surface area contributed by atoms with Crippen molar-refractivity contribution < 1.29 is 34.1 Å². The lowest BCUT2D eigenvalue weighted by Crippen LogP contribution is -2.13. The number of ether oxygens (including phenoxy) is 2. The quantitative estimate of drug-likeness (QED) is 0.511. The van der Waals surface area contributed by atoms with Crippen molar-refractivity contribution in [2.75, 3.05) is 14.2 Å². The van der Waals surface area contributed by atoms with E-state index in [1.54, 1.807) is 12.1 Å². The van der Waals surface area contributed by atoms with Crippen LogP contribution in [0.5, 0.6) is 5.88 Å². The maximum absolute atomic E-state index is 11.4. The van der Waals surface area contributed by atoms with Crippen molar-refractivity contribution in [3.8, 4) is 5.88 Å². The molecule has 3 rings (SSSR count). The number of methoxy groups -OCH3 is 2. The van der Waals surface area contributed by atoms with Crippen LogP contribution in [0.4, 0.5) is 0 Å². The summed E-state index contributed by atoms with van der Waals surface area (Å²) in [6.07, 6.45) is 0. The molecule has 0 saturated heterocycles. The summed E-state index contributed by atoms with van der Waals surface area (Å²) < 4.78 is 9.92. The summed E-state index contributed by atoms with van der Waals surface area (Å²) in [5.41, 5.74) is 6.37. The lowest BCUT2D eigenvalue weighted by molar-refractivity contribution is 0.0585. The van der Waals surface area contributed by atoms with Gasteiger partial charge in [0.1, 0.15) is 0 Å². The summed E-state index contributed by atoms with van der Waals surface area (Å²) in [6.45, 7) is 1.90. The number of fused-ring (bicyclic) bond motifs is 1. The molecular formula is C18H19N5O7. The van der Waals surface area contributed by atoms with Crippen molar-refractivity contribution >= 4 is 23.6 Å². The second-order valence-corrected chi connectivity index (χ2v) is 5.87. The molecule has 0 fully saturated rings. The van der Waals surface area contributed by atoms with Gasteiger partial charge < -0.3 is 25.4 Å². The number of carbonyl (C=O) groups is 3. The number of aromatic hydroxyl groups is 1. The van der Waals surface area contributed by atoms with E-state index in [4.69, 9.17) is 10.8 Å². The highest BCUT2D eigenvalue weighted by molar-refractivity contribution is 5.93. The number of rotatable bonds is 4. The predicted molar refractivity (Wildman–Crippen MR) is 101 cm³/mol. The van der Waals surface area contributed by atoms with E-state index >= 15 is 0 Å². The average Bonchev–Trinajstić information content (AvgIpc) is 3.13. The Morgan fingerprint density at radius 2 is 1.70 bits per heavy atom. The third kappa shape index (κ3) is 4.86. The van der Waals surface area contributed by atoms with E-state index in [1.807, 2.05) is 19.1 Å². The highest BCUT2D eigenvalue weighted by atomic mass is 16.5. The fourth-order valence-electron chi connectivity index (χ4n) is 2.27. The van der Waals surface area contributed by atoms with Gasteiger partial charge in [0.05, 0.1) is 19.8 Å². The Hall–Kier alpha value is -4.06. The van der Waals surface area contributed by atoms with Gasteiger partial charge in [-0.05, 0) is 24.6 Å². The first-order chi connectivity index (χ1) is 14.2. The Morgan fingerprint density at radius 3 is 2.20 bits per heavy atom. The molecular weight excluding hydrogens is 398 g/mol. The molecule has 3 aromatic rings. The largest absolute Gasteiger partial charge is 0.489 e. The molecule has 12 heteroatoms. The third-order valence-electron chi connectivity index (χ3n) is 3.83. The van der Waals surface area contributed by atoms with Crippen molar-refractivity contribution in [3.63, 3.8) is 0 Å². The van der Waals surface area contributed by atoms with Crippen LogP contribution < -0.4 is 5.73 Å². The first-order valence-electron chi connectivity index (χ1n) is 8.40. The molecule has 4 N–H and O–H groups in total. The molecule has 0 spiro atoms. The van der Waals surface area contributed by atoms with Crippen LogP contribution in [0.2, 0.25) is 0 Å². The molecule has 0 radical (unpaired) electrons. The fourth-order valence-corrected chi connectivity index (χ4v) is 2.27. The van der Waals surface area contributed by atoms with Crippen LogP contribution in [0.15, 0.2) is 30.3 Å². The zero-order chi connectivity index (χ0) is 22.4. The van der Waals surface area contributed by atoms with Gasteiger partial charge in [-0.3, -0.25) is 0 Å². The van der Waals surface area contributed by atoms with Crippen molar-refractivity contribution in [2.45, 2.75) is 13.0 Å². The predicted octanol–water partition coefficient (Wildman–Crippen LogP) is 0.808. The number of nitrogens with zero attached hydrogens (tertiary/aromatic N) is 4. The fraction of sp³-hybridized carbons (Fsp3) is 0.222. The minimum atomic E-state index is -1.35. The van der Waals surface area contributed by atoms with Gasteiger partial charge in [-0.25, -0.2) is 19.4 Å². The lowest BCUT2D eigenvalue weighted by atomic mass is 10.1. The summed E-state index contributed by atoms with van der Waals surface area (Å²) in [4.78, 5) is 36.8. The highest BCUT2D eigenvalue weighted by Crippen LogP contribution is 2.15. The molecule has 0 aliphatic carbocycles. The zero-order valence-corrected chi connectivity index (χ0v) is 16.3. The number of aromatic nitrogens is 4. The summed E-state index contributed by atoms with van der Waals surface area (Å²) >= 11 is 0. The first-order valence-corrected chi connectivity index (χ1v) is 8.40. The van der Waals surface area contributed by atoms with Crippen molar-refractivity contribution in [2.24, 2.45) is 5.73 Å². The van der Waals surface area contributed by atoms with Crippen LogP contribution >= 0.6 is 0 Å². The van der Waals surface area contributed by atoms with Crippen LogP contribution in [-0.2, 0) is 9.47 Å². The molecule has 12 nitrogen and oxygen atoms in total. The summed E-state index contributed by atoms with van der Waals surface area (Å²) in [7, 11) is 2.49. The molecule has 0 aliphatic heterocycles. The standard InChI is InChI=1S/C10H13NO2.C8H6N4O5/c1-7(11)8-3-5-9(6-4-8)10(12)13-2;1-17-8(16)4-2-3(7(14)15)9-5-6(13)10-11-12(4)5/h3-7H,11H2,1-2H3;2,13H,1H3,(H,14,15)/t7-;/m1./s1. The number of carbonyl (C=O) groups excluding carboxylic acids is 2. The van der Waals surface area contributed by atoms with E-state index in [1.165, 1.54) is 7.11 Å². The monoisotopic (exact) mass is 417 g/mol. The van der Waals surface area contributed by atoms with E-state index in [-0.39, 0.29) is 23.4 Å². The number of aromatic carboxylic acids is 1. The molecule has 0 unspecified atom stereocenters. The van der Waals surface area contributed by atoms with Gasteiger partial charge in [0.25, 0.3) is 5.88 Å². The maximum Gasteiger partial charge on any atom is 0.356 e. The number of hydrogen-bond acceptors (Lipinski definition) is 10. The SMILES string of the molecule is COC(=O)c1cc(C(=O)O)nc2c(O)nnn12.COC(=O)c1ccc([C@@H](C)N)cc1. The molecule has 0 aliphatic rings. The van der Waals surface area contributed by atoms with Gasteiger partial charge in [0.15, 0.2) is 11.4 Å². The van der Waals surface area contributed by atoms with Crippen molar-refractivity contribution in [1.29, 1.82) is 0 Å². The van der Waals surface area contributed by atoms with Gasteiger partial charge in [-0.1, -0.05) is 22.4 Å². The van der Waals surface area contributed by atoms with Crippen molar-refractivity contribution in [3.05, 3.63) is 52.8 Å². The van der Waals surface area contributed by atoms with E-state index in [0.717, 1.165) is 23.3 Å². The molecule has 0 amide bonds. The first kappa shape index (κ1) is 22.2. The molecule has 0 saturated carbocycles. The van der Waals surface area contributed by atoms with Gasteiger partial charge in [0.2, 0.25) is 5.65 Å². The second-order valence-electron chi connectivity index (χ2n) is 5.87. The molecule has 30 heavy (non-hydrogen) atoms. The Balaban J connectivity index is 0.000000222. The number of carboxylic acids is 1. The van der Waals surface area contributed by atoms with E-state index in [9.17, 15) is 19.5 Å². The Labute approximate surface area is 169 Å². The van der Waals surface area contributed by atoms with Crippen LogP contribution in [0, 0.1) is 0 Å². The van der Waals surface area contributed by atoms with Gasteiger partial charge >= 0.3 is 17.9 Å². The minimum Gasteiger partial charge on any atom is -0.489 e. The van der Waals surface area contributed by atoms with Crippen LogP contribution in [0.25, 0.3) is 5.65 Å². The topological polar surface area (TPSA) is 179 Å². The van der Waals surface area contributed by atoms with Crippen LogP contribution in [0.3, 0.4) is 0 Å². The normalized spacial score (nSPS) is 11.2. The number of hydrogen-bond donors (Lipinski definition) is 3. The number of benzene rings is 1. The summed E-state index contributed by atoms with van der Waals surface area (Å²) in [6, 6.07) is 8.06. The van der Waals surface area contributed by atoms with Crippen LogP contribution in [0.1, 0.15) is 49.9 Å². The summed E-state index contributed by atoms with van der Waals surface area (Å²) in [5.74, 6) is -3.06. The Bertz CT molecular complexity index is 1080. The highest BCUT2D eigenvalue weighted by Gasteiger charge is 2.20. The van der Waals surface area contributed by atoms with Crippen molar-refractivity contribution in [1.82, 2.24) is 19.8 Å². The molecule has 2 aromatic heterocycles. The molecule has 1 aromatic carbocycles. The third-order valence-corrected chi connectivity index (χ3v) is 3.83. The molecule has 2 heterocycles. The minimum absolute atomic E-state index is 0.00769. The zero-order valence-electron chi connectivity index (χ0n) is 16.3. The average molecular weight is 417 g/mol. The van der Waals surface area contributed by atoms with E-state index < -0.39 is 23.5 Å². The number of nitrogens with two attached hydrogens (primary N) is 1. The maximum atomic E-state index is 11.4.